The molecule has 2 rings (SSSR count). The molecule has 0 spiro atoms. The molecule has 1 aromatic rings. The zero-order valence-corrected chi connectivity index (χ0v) is 11.8. The second kappa shape index (κ2) is 5.96. The minimum atomic E-state index is -1.15. The van der Waals surface area contributed by atoms with Crippen molar-refractivity contribution in [3.8, 4) is 5.75 Å². The summed E-state index contributed by atoms with van der Waals surface area (Å²) in [7, 11) is 2.44. The fourth-order valence-electron chi connectivity index (χ4n) is 2.04. The van der Waals surface area contributed by atoms with Gasteiger partial charge in [0.25, 0.3) is 0 Å². The van der Waals surface area contributed by atoms with Gasteiger partial charge in [0, 0.05) is 10.6 Å². The number of esters is 2. The van der Waals surface area contributed by atoms with E-state index in [2.05, 4.69) is 9.47 Å². The van der Waals surface area contributed by atoms with Gasteiger partial charge in [-0.3, -0.25) is 9.59 Å². The van der Waals surface area contributed by atoms with Crippen molar-refractivity contribution in [3.05, 3.63) is 34.9 Å². The number of hydrogen-bond donors (Lipinski definition) is 0. The quantitative estimate of drug-likeness (QED) is 0.631. The van der Waals surface area contributed by atoms with Crippen LogP contribution in [0.2, 0.25) is 5.02 Å². The topological polar surface area (TPSA) is 61.8 Å². The van der Waals surface area contributed by atoms with Crippen LogP contribution in [0.4, 0.5) is 0 Å². The van der Waals surface area contributed by atoms with Crippen molar-refractivity contribution >= 4 is 29.1 Å². The second-order valence-corrected chi connectivity index (χ2v) is 4.53. The first-order valence-corrected chi connectivity index (χ1v) is 6.24. The standard InChI is InChI=1S/C14H13ClO5/c1-18-13(16)12(14(17)19-2)9-5-6-20-11-4-3-8(15)7-10(9)11/h3-5,7,12H,6H2,1-2H3. The van der Waals surface area contributed by atoms with Crippen LogP contribution in [-0.4, -0.2) is 32.8 Å². The Bertz CT molecular complexity index is 563. The van der Waals surface area contributed by atoms with E-state index in [1.807, 2.05) is 0 Å². The first-order chi connectivity index (χ1) is 9.58. The maximum atomic E-state index is 11.9. The van der Waals surface area contributed by atoms with E-state index in [0.717, 1.165) is 0 Å². The molecular weight excluding hydrogens is 284 g/mol. The van der Waals surface area contributed by atoms with Crippen molar-refractivity contribution in [1.29, 1.82) is 0 Å². The van der Waals surface area contributed by atoms with Crippen LogP contribution in [0.25, 0.3) is 5.57 Å². The highest BCUT2D eigenvalue weighted by atomic mass is 35.5. The van der Waals surface area contributed by atoms with Crippen LogP contribution in [0.3, 0.4) is 0 Å². The van der Waals surface area contributed by atoms with E-state index < -0.39 is 17.9 Å². The SMILES string of the molecule is COC(=O)C(C(=O)OC)C1=CCOc2ccc(Cl)cc21. The summed E-state index contributed by atoms with van der Waals surface area (Å²) in [6.07, 6.45) is 1.65. The van der Waals surface area contributed by atoms with Gasteiger partial charge in [0.2, 0.25) is 0 Å². The molecule has 1 heterocycles. The highest BCUT2D eigenvalue weighted by molar-refractivity contribution is 6.30. The highest BCUT2D eigenvalue weighted by Gasteiger charge is 2.35. The minimum absolute atomic E-state index is 0.258. The summed E-state index contributed by atoms with van der Waals surface area (Å²) in [5.74, 6) is -1.96. The Balaban J connectivity index is 2.50. The normalized spacial score (nSPS) is 13.1. The van der Waals surface area contributed by atoms with Crippen LogP contribution in [-0.2, 0) is 19.1 Å². The van der Waals surface area contributed by atoms with Crippen LogP contribution in [0.15, 0.2) is 24.3 Å². The van der Waals surface area contributed by atoms with E-state index >= 15 is 0 Å². The van der Waals surface area contributed by atoms with Crippen LogP contribution in [0.1, 0.15) is 5.56 Å². The van der Waals surface area contributed by atoms with Crippen molar-refractivity contribution in [2.45, 2.75) is 0 Å². The molecule has 106 valence electrons. The summed E-state index contributed by atoms with van der Waals surface area (Å²) in [5, 5.41) is 0.480. The highest BCUT2D eigenvalue weighted by Crippen LogP contribution is 2.37. The molecule has 5 nitrogen and oxygen atoms in total. The Hall–Kier alpha value is -2.01. The molecule has 0 saturated carbocycles. The molecule has 0 aromatic heterocycles. The van der Waals surface area contributed by atoms with E-state index in [1.165, 1.54) is 14.2 Å². The number of carbonyl (C=O) groups is 2. The fraction of sp³-hybridized carbons (Fsp3) is 0.286. The van der Waals surface area contributed by atoms with Gasteiger partial charge in [-0.05, 0) is 29.8 Å². The Labute approximate surface area is 121 Å². The van der Waals surface area contributed by atoms with E-state index in [0.29, 0.717) is 21.9 Å². The van der Waals surface area contributed by atoms with Gasteiger partial charge in [-0.25, -0.2) is 0 Å². The Morgan fingerprint density at radius 3 is 2.50 bits per heavy atom. The molecule has 0 saturated heterocycles. The van der Waals surface area contributed by atoms with Crippen molar-refractivity contribution in [2.75, 3.05) is 20.8 Å². The molecule has 0 unspecified atom stereocenters. The van der Waals surface area contributed by atoms with Gasteiger partial charge in [-0.1, -0.05) is 11.6 Å². The molecular formula is C14H13ClO5. The Morgan fingerprint density at radius 2 is 1.90 bits per heavy atom. The number of rotatable bonds is 3. The van der Waals surface area contributed by atoms with Crippen LogP contribution >= 0.6 is 11.6 Å². The molecule has 1 aliphatic heterocycles. The Kier molecular flexibility index (Phi) is 4.29. The van der Waals surface area contributed by atoms with Crippen LogP contribution < -0.4 is 4.74 Å². The zero-order chi connectivity index (χ0) is 14.7. The molecule has 6 heteroatoms. The van der Waals surface area contributed by atoms with Gasteiger partial charge in [-0.2, -0.15) is 0 Å². The third-order valence-corrected chi connectivity index (χ3v) is 3.21. The summed E-state index contributed by atoms with van der Waals surface area (Å²) in [6, 6.07) is 5.01. The maximum Gasteiger partial charge on any atom is 0.324 e. The molecule has 0 N–H and O–H groups in total. The summed E-state index contributed by atoms with van der Waals surface area (Å²) in [6.45, 7) is 0.258. The van der Waals surface area contributed by atoms with E-state index in [1.54, 1.807) is 24.3 Å². The van der Waals surface area contributed by atoms with E-state index in [4.69, 9.17) is 16.3 Å². The number of benzene rings is 1. The van der Waals surface area contributed by atoms with Gasteiger partial charge in [0.1, 0.15) is 12.4 Å². The Morgan fingerprint density at radius 1 is 1.25 bits per heavy atom. The lowest BCUT2D eigenvalue weighted by atomic mass is 9.90. The van der Waals surface area contributed by atoms with Crippen molar-refractivity contribution in [2.24, 2.45) is 5.92 Å². The monoisotopic (exact) mass is 296 g/mol. The molecule has 0 radical (unpaired) electrons. The van der Waals surface area contributed by atoms with Crippen LogP contribution in [0, 0.1) is 5.92 Å². The number of methoxy groups -OCH3 is 2. The van der Waals surface area contributed by atoms with Crippen molar-refractivity contribution in [1.82, 2.24) is 0 Å². The van der Waals surface area contributed by atoms with Crippen LogP contribution in [0.5, 0.6) is 5.75 Å². The van der Waals surface area contributed by atoms with E-state index in [-0.39, 0.29) is 6.61 Å². The number of fused-ring (bicyclic) bond motifs is 1. The third kappa shape index (κ3) is 2.63. The molecule has 20 heavy (non-hydrogen) atoms. The minimum Gasteiger partial charge on any atom is -0.489 e. The summed E-state index contributed by atoms with van der Waals surface area (Å²) in [5.41, 5.74) is 1.07. The van der Waals surface area contributed by atoms with Gasteiger partial charge < -0.3 is 14.2 Å². The fourth-order valence-corrected chi connectivity index (χ4v) is 2.22. The summed E-state index contributed by atoms with van der Waals surface area (Å²) >= 11 is 5.96. The van der Waals surface area contributed by atoms with Crippen molar-refractivity contribution in [3.63, 3.8) is 0 Å². The van der Waals surface area contributed by atoms with Gasteiger partial charge in [0.15, 0.2) is 5.92 Å². The average Bonchev–Trinajstić information content (AvgIpc) is 2.47. The predicted octanol–water partition coefficient (Wildman–Crippen LogP) is 2.08. The molecule has 0 bridgehead atoms. The lowest BCUT2D eigenvalue weighted by molar-refractivity contribution is -0.155. The lowest BCUT2D eigenvalue weighted by Crippen LogP contribution is -2.29. The predicted molar refractivity (Wildman–Crippen MR) is 72.4 cm³/mol. The van der Waals surface area contributed by atoms with E-state index in [9.17, 15) is 9.59 Å². The number of carbonyl (C=O) groups excluding carboxylic acids is 2. The molecule has 0 fully saturated rings. The van der Waals surface area contributed by atoms with Gasteiger partial charge in [0.05, 0.1) is 14.2 Å². The largest absolute Gasteiger partial charge is 0.489 e. The molecule has 1 aromatic carbocycles. The smallest absolute Gasteiger partial charge is 0.324 e. The van der Waals surface area contributed by atoms with Gasteiger partial charge in [-0.15, -0.1) is 0 Å². The second-order valence-electron chi connectivity index (χ2n) is 4.09. The number of halogens is 1. The third-order valence-electron chi connectivity index (χ3n) is 2.98. The van der Waals surface area contributed by atoms with Gasteiger partial charge >= 0.3 is 11.9 Å². The molecule has 1 aliphatic rings. The number of hydrogen-bond acceptors (Lipinski definition) is 5. The summed E-state index contributed by atoms with van der Waals surface area (Å²) < 4.78 is 14.8. The van der Waals surface area contributed by atoms with Crippen molar-refractivity contribution < 1.29 is 23.8 Å². The first kappa shape index (κ1) is 14.4. The first-order valence-electron chi connectivity index (χ1n) is 5.87. The maximum absolute atomic E-state index is 11.9. The lowest BCUT2D eigenvalue weighted by Gasteiger charge is -2.23. The average molecular weight is 297 g/mol. The zero-order valence-electron chi connectivity index (χ0n) is 11.0. The molecule has 0 aliphatic carbocycles. The summed E-state index contributed by atoms with van der Waals surface area (Å²) in [4.78, 5) is 23.7. The molecule has 0 amide bonds. The number of ether oxygens (including phenoxy) is 3. The molecule has 0 atom stereocenters.